The van der Waals surface area contributed by atoms with E-state index in [0.29, 0.717) is 61.4 Å². The van der Waals surface area contributed by atoms with Gasteiger partial charge < -0.3 is 19.9 Å². The number of nitrogens with one attached hydrogen (secondary N) is 2. The molecular weight excluding hydrogens is 892 g/mol. The number of anilines is 2. The van der Waals surface area contributed by atoms with E-state index >= 15 is 0 Å². The van der Waals surface area contributed by atoms with Gasteiger partial charge in [-0.05, 0) is 142 Å². The van der Waals surface area contributed by atoms with Crippen LogP contribution in [-0.2, 0) is 19.2 Å². The fraction of sp³-hybridized carbons (Fsp3) is 0.500. The summed E-state index contributed by atoms with van der Waals surface area (Å²) >= 11 is 0. The third-order valence-electron chi connectivity index (χ3n) is 16.0. The number of piperidine rings is 3. The van der Waals surface area contributed by atoms with Crippen LogP contribution in [0.25, 0.3) is 10.9 Å². The zero-order valence-corrected chi connectivity index (χ0v) is 40.0. The molecule has 3 aromatic carbocycles. The molecule has 6 aliphatic rings. The molecule has 1 aliphatic carbocycles. The number of aromatic nitrogens is 1. The Balaban J connectivity index is 0.611. The molecule has 5 aliphatic heterocycles. The molecule has 70 heavy (non-hydrogen) atoms. The molecule has 368 valence electrons. The number of carbonyl (C=O) groups is 6. The predicted molar refractivity (Wildman–Crippen MR) is 262 cm³/mol. The first-order chi connectivity index (χ1) is 33.9. The number of rotatable bonds is 12. The molecule has 2 N–H and O–H groups in total. The fourth-order valence-electron chi connectivity index (χ4n) is 11.8. The second kappa shape index (κ2) is 20.6. The van der Waals surface area contributed by atoms with Gasteiger partial charge in [0.25, 0.3) is 11.8 Å². The number of imide groups is 2. The molecule has 6 heterocycles. The molecule has 6 amide bonds. The maximum atomic E-state index is 14.1. The van der Waals surface area contributed by atoms with Gasteiger partial charge in [-0.1, -0.05) is 13.0 Å². The van der Waals surface area contributed by atoms with Crippen LogP contribution in [0.15, 0.2) is 72.9 Å². The molecule has 0 spiro atoms. The first-order valence-electron chi connectivity index (χ1n) is 25.4. The van der Waals surface area contributed by atoms with Crippen LogP contribution in [0.4, 0.5) is 15.8 Å². The van der Waals surface area contributed by atoms with Crippen LogP contribution >= 0.6 is 0 Å². The zero-order chi connectivity index (χ0) is 48.5. The molecule has 1 aromatic heterocycles. The van der Waals surface area contributed by atoms with E-state index in [1.165, 1.54) is 6.07 Å². The quantitative estimate of drug-likeness (QED) is 0.155. The molecule has 16 heteroatoms. The summed E-state index contributed by atoms with van der Waals surface area (Å²) in [6.45, 7) is 9.58. The summed E-state index contributed by atoms with van der Waals surface area (Å²) in [6.07, 6.45) is 9.39. The van der Waals surface area contributed by atoms with Crippen molar-refractivity contribution < 1.29 is 37.9 Å². The van der Waals surface area contributed by atoms with E-state index in [1.54, 1.807) is 24.3 Å². The smallest absolute Gasteiger partial charge is 0.264 e. The predicted octanol–water partition coefficient (Wildman–Crippen LogP) is 6.23. The van der Waals surface area contributed by atoms with Gasteiger partial charge in [-0.3, -0.25) is 53.8 Å². The van der Waals surface area contributed by atoms with E-state index in [1.807, 2.05) is 54.4 Å². The first kappa shape index (κ1) is 47.4. The lowest BCUT2D eigenvalue weighted by molar-refractivity contribution is -0.136. The summed E-state index contributed by atoms with van der Waals surface area (Å²) in [6, 6.07) is 18.7. The molecule has 0 radical (unpaired) electrons. The molecule has 0 bridgehead atoms. The number of amides is 6. The summed E-state index contributed by atoms with van der Waals surface area (Å²) in [7, 11) is 0. The van der Waals surface area contributed by atoms with Gasteiger partial charge in [-0.25, -0.2) is 4.39 Å². The third kappa shape index (κ3) is 10.2. The number of fused-ring (bicyclic) bond motifs is 2. The van der Waals surface area contributed by atoms with Gasteiger partial charge in [0.1, 0.15) is 23.7 Å². The van der Waals surface area contributed by atoms with E-state index in [9.17, 15) is 33.2 Å². The minimum Gasteiger partial charge on any atom is -0.490 e. The third-order valence-corrected chi connectivity index (χ3v) is 16.0. The SMILES string of the molecule is C[C@@H](C(=O)Nc1ccc(OC2CCN(C(=O)CN3CCC(CN4CCN(c5cccc6c5C(=O)N(C5CCC(=O)NC5=O)C6=O)CC4)CC3)CC2)cc1)C1CCC(c2ccnc3ccc(F)cc23)CC1. The van der Waals surface area contributed by atoms with Crippen molar-refractivity contribution in [1.82, 2.24) is 29.9 Å². The Morgan fingerprint density at radius 2 is 1.54 bits per heavy atom. The van der Waals surface area contributed by atoms with Crippen molar-refractivity contribution in [3.05, 3.63) is 95.4 Å². The molecule has 4 saturated heterocycles. The molecule has 4 aromatic rings. The zero-order valence-electron chi connectivity index (χ0n) is 40.0. The van der Waals surface area contributed by atoms with E-state index in [-0.39, 0.29) is 48.4 Å². The minimum absolute atomic E-state index is 0.0111. The lowest BCUT2D eigenvalue weighted by Gasteiger charge is -2.40. The summed E-state index contributed by atoms with van der Waals surface area (Å²) in [5.74, 6) is -0.293. The summed E-state index contributed by atoms with van der Waals surface area (Å²) < 4.78 is 20.4. The van der Waals surface area contributed by atoms with Crippen LogP contribution in [0.1, 0.15) is 103 Å². The molecule has 5 fully saturated rings. The highest BCUT2D eigenvalue weighted by molar-refractivity contribution is 6.25. The summed E-state index contributed by atoms with van der Waals surface area (Å²) in [5.41, 5.74) is 4.05. The molecule has 15 nitrogen and oxygen atoms in total. The molecule has 10 rings (SSSR count). The Kier molecular flexibility index (Phi) is 14.0. The van der Waals surface area contributed by atoms with Gasteiger partial charge in [0.2, 0.25) is 23.6 Å². The largest absolute Gasteiger partial charge is 0.490 e. The number of nitrogens with zero attached hydrogens (tertiary/aromatic N) is 6. The minimum atomic E-state index is -0.991. The Hall–Kier alpha value is -6.26. The second-order valence-electron chi connectivity index (χ2n) is 20.3. The van der Waals surface area contributed by atoms with Crippen molar-refractivity contribution in [1.29, 1.82) is 0 Å². The number of carbonyl (C=O) groups excluding carboxylic acids is 6. The van der Waals surface area contributed by atoms with Crippen molar-refractivity contribution >= 4 is 57.7 Å². The molecular formula is C54H63FN8O7. The van der Waals surface area contributed by atoms with Gasteiger partial charge in [0.05, 0.1) is 28.9 Å². The first-order valence-corrected chi connectivity index (χ1v) is 25.4. The Labute approximate surface area is 408 Å². The highest BCUT2D eigenvalue weighted by atomic mass is 19.1. The number of halogens is 1. The standard InChI is InChI=1S/C54H63FN8O7/c1-34(36-5-7-37(8-6-36)42-17-22-56-45-14-9-38(55)31-44(42)45)51(66)57-39-10-12-40(13-11-39)70-41-20-25-62(26-21-41)49(65)33-59-23-18-35(19-24-59)32-60-27-29-61(30-28-60)46-4-2-3-43-50(46)54(69)63(53(43)68)47-15-16-48(64)58-52(47)67/h2-4,9-14,17,22,31,34-37,41,47H,5-8,15-16,18-21,23-30,32-33H2,1H3,(H,57,66)(H,58,64,67)/t34-,36?,37?,47?/m1/s1. The topological polar surface area (TPSA) is 165 Å². The normalized spacial score (nSPS) is 23.6. The highest BCUT2D eigenvalue weighted by Crippen LogP contribution is 2.41. The van der Waals surface area contributed by atoms with Crippen LogP contribution in [0.5, 0.6) is 5.75 Å². The van der Waals surface area contributed by atoms with E-state index in [4.69, 9.17) is 4.74 Å². The number of benzene rings is 3. The summed E-state index contributed by atoms with van der Waals surface area (Å²) in [5, 5.41) is 6.26. The lowest BCUT2D eigenvalue weighted by Crippen LogP contribution is -2.54. The van der Waals surface area contributed by atoms with Gasteiger partial charge >= 0.3 is 0 Å². The van der Waals surface area contributed by atoms with Crippen molar-refractivity contribution in [3.63, 3.8) is 0 Å². The van der Waals surface area contributed by atoms with Gasteiger partial charge in [-0.15, -0.1) is 0 Å². The van der Waals surface area contributed by atoms with Crippen molar-refractivity contribution in [2.24, 2.45) is 17.8 Å². The van der Waals surface area contributed by atoms with Crippen molar-refractivity contribution in [2.75, 3.05) is 75.7 Å². The Morgan fingerprint density at radius 3 is 2.27 bits per heavy atom. The van der Waals surface area contributed by atoms with E-state index in [0.717, 1.165) is 117 Å². The number of ether oxygens (including phenoxy) is 1. The van der Waals surface area contributed by atoms with Crippen LogP contribution in [0, 0.1) is 23.6 Å². The molecule has 1 saturated carbocycles. The van der Waals surface area contributed by atoms with Crippen LogP contribution < -0.4 is 20.3 Å². The van der Waals surface area contributed by atoms with Crippen molar-refractivity contribution in [3.8, 4) is 5.75 Å². The monoisotopic (exact) mass is 954 g/mol. The van der Waals surface area contributed by atoms with Gasteiger partial charge in [0.15, 0.2) is 0 Å². The average Bonchev–Trinajstić information content (AvgIpc) is 3.63. The van der Waals surface area contributed by atoms with Gasteiger partial charge in [-0.2, -0.15) is 0 Å². The maximum Gasteiger partial charge on any atom is 0.264 e. The van der Waals surface area contributed by atoms with E-state index in [2.05, 4.69) is 30.3 Å². The lowest BCUT2D eigenvalue weighted by atomic mass is 9.73. The number of hydrogen-bond donors (Lipinski definition) is 2. The fourth-order valence-corrected chi connectivity index (χ4v) is 11.8. The van der Waals surface area contributed by atoms with Crippen LogP contribution in [0.3, 0.4) is 0 Å². The molecule has 2 atom stereocenters. The molecule has 1 unspecified atom stereocenters. The average molecular weight is 955 g/mol. The highest BCUT2D eigenvalue weighted by Gasteiger charge is 2.46. The van der Waals surface area contributed by atoms with Crippen LogP contribution in [-0.4, -0.2) is 138 Å². The van der Waals surface area contributed by atoms with Crippen molar-refractivity contribution in [2.45, 2.75) is 89.2 Å². The second-order valence-corrected chi connectivity index (χ2v) is 20.3. The Morgan fingerprint density at radius 1 is 0.800 bits per heavy atom. The van der Waals surface area contributed by atoms with E-state index < -0.39 is 29.7 Å². The number of likely N-dealkylation sites (tertiary alicyclic amines) is 2. The number of hydrogen-bond acceptors (Lipinski definition) is 11. The summed E-state index contributed by atoms with van der Waals surface area (Å²) in [4.78, 5) is 92.4. The van der Waals surface area contributed by atoms with Crippen LogP contribution in [0.2, 0.25) is 0 Å². The number of pyridine rings is 1. The Bertz CT molecular complexity index is 2630. The maximum absolute atomic E-state index is 14.1. The number of piperazine rings is 1. The van der Waals surface area contributed by atoms with Gasteiger partial charge in [0, 0.05) is 88.3 Å².